The predicted octanol–water partition coefficient (Wildman–Crippen LogP) is 6.60. The maximum atomic E-state index is 15.0. The van der Waals surface area contributed by atoms with Crippen LogP contribution in [0.5, 0.6) is 5.75 Å². The molecule has 0 spiro atoms. The Morgan fingerprint density at radius 3 is 2.41 bits per heavy atom. The molecular weight excluding hydrogens is 546 g/mol. The monoisotopic (exact) mass is 576 g/mol. The topological polar surface area (TPSA) is 66.9 Å². The third-order valence-electron chi connectivity index (χ3n) is 7.00. The summed E-state index contributed by atoms with van der Waals surface area (Å²) in [6.07, 6.45) is 3.93. The van der Waals surface area contributed by atoms with Gasteiger partial charge >= 0.3 is 0 Å². The molecule has 1 aliphatic carbocycles. The standard InChI is InChI=1S/C29H31ClF2N2O4S/c1-20(25-9-5-6-10-28(25)38-18-17-33(2)29(35)21-7-3-4-8-21)34(27-19-23(31)13-16-26(27)32)39(36,37)24-14-11-22(30)12-15-24/h5-6,9-16,19-21H,3-4,7-8,17-18H2,1-2H3. The lowest BCUT2D eigenvalue weighted by Crippen LogP contribution is -2.35. The van der Waals surface area contributed by atoms with E-state index in [1.54, 1.807) is 43.1 Å². The van der Waals surface area contributed by atoms with Gasteiger partial charge in [0, 0.05) is 29.6 Å². The summed E-state index contributed by atoms with van der Waals surface area (Å²) in [5, 5.41) is 0.334. The minimum atomic E-state index is -4.37. The van der Waals surface area contributed by atoms with Crippen LogP contribution in [0.3, 0.4) is 0 Å². The van der Waals surface area contributed by atoms with Gasteiger partial charge in [-0.05, 0) is 62.2 Å². The molecule has 39 heavy (non-hydrogen) atoms. The first-order chi connectivity index (χ1) is 18.6. The molecule has 1 saturated carbocycles. The van der Waals surface area contributed by atoms with E-state index in [9.17, 15) is 17.6 Å². The summed E-state index contributed by atoms with van der Waals surface area (Å²) in [6, 6.07) is 13.9. The van der Waals surface area contributed by atoms with Crippen LogP contribution in [0.15, 0.2) is 71.6 Å². The summed E-state index contributed by atoms with van der Waals surface area (Å²) in [6.45, 7) is 2.11. The van der Waals surface area contributed by atoms with E-state index in [1.165, 1.54) is 24.3 Å². The first-order valence-corrected chi connectivity index (χ1v) is 14.6. The molecule has 208 valence electrons. The second kappa shape index (κ2) is 12.3. The van der Waals surface area contributed by atoms with Gasteiger partial charge in [-0.15, -0.1) is 0 Å². The molecule has 3 aromatic carbocycles. The highest BCUT2D eigenvalue weighted by atomic mass is 35.5. The molecule has 0 saturated heterocycles. The fraction of sp³-hybridized carbons (Fsp3) is 0.345. The molecular formula is C29H31ClF2N2O4S. The van der Waals surface area contributed by atoms with Gasteiger partial charge in [0.05, 0.1) is 23.2 Å². The Hall–Kier alpha value is -3.17. The van der Waals surface area contributed by atoms with E-state index in [-0.39, 0.29) is 23.3 Å². The number of ether oxygens (including phenoxy) is 1. The van der Waals surface area contributed by atoms with E-state index in [0.717, 1.165) is 48.2 Å². The zero-order chi connectivity index (χ0) is 28.2. The lowest BCUT2D eigenvalue weighted by Gasteiger charge is -2.32. The zero-order valence-corrected chi connectivity index (χ0v) is 23.4. The number of halogens is 3. The summed E-state index contributed by atoms with van der Waals surface area (Å²) < 4.78 is 63.9. The Morgan fingerprint density at radius 2 is 1.72 bits per heavy atom. The Balaban J connectivity index is 1.64. The molecule has 1 amide bonds. The van der Waals surface area contributed by atoms with Gasteiger partial charge in [0.15, 0.2) is 0 Å². The first kappa shape index (κ1) is 28.8. The molecule has 1 atom stereocenters. The van der Waals surface area contributed by atoms with Crippen LogP contribution in [0, 0.1) is 17.6 Å². The lowest BCUT2D eigenvalue weighted by atomic mass is 10.1. The first-order valence-electron chi connectivity index (χ1n) is 12.8. The van der Waals surface area contributed by atoms with Crippen molar-refractivity contribution in [3.63, 3.8) is 0 Å². The summed E-state index contributed by atoms with van der Waals surface area (Å²) in [4.78, 5) is 14.2. The van der Waals surface area contributed by atoms with Crippen LogP contribution in [0.1, 0.15) is 44.2 Å². The Bertz CT molecular complexity index is 1410. The van der Waals surface area contributed by atoms with E-state index in [4.69, 9.17) is 16.3 Å². The number of carbonyl (C=O) groups is 1. The predicted molar refractivity (Wildman–Crippen MR) is 147 cm³/mol. The summed E-state index contributed by atoms with van der Waals surface area (Å²) >= 11 is 5.95. The fourth-order valence-electron chi connectivity index (χ4n) is 4.89. The Labute approximate surface area is 233 Å². The highest BCUT2D eigenvalue weighted by Gasteiger charge is 2.34. The maximum Gasteiger partial charge on any atom is 0.264 e. The quantitative estimate of drug-likeness (QED) is 0.273. The number of hydrogen-bond acceptors (Lipinski definition) is 4. The minimum absolute atomic E-state index is 0.0510. The molecule has 0 radical (unpaired) electrons. The molecule has 4 rings (SSSR count). The van der Waals surface area contributed by atoms with Crippen molar-refractivity contribution in [3.8, 4) is 5.75 Å². The largest absolute Gasteiger partial charge is 0.491 e. The second-order valence-corrected chi connectivity index (χ2v) is 11.9. The molecule has 6 nitrogen and oxygen atoms in total. The molecule has 0 heterocycles. The van der Waals surface area contributed by atoms with Crippen molar-refractivity contribution in [2.45, 2.75) is 43.5 Å². The van der Waals surface area contributed by atoms with E-state index < -0.39 is 33.4 Å². The molecule has 0 bridgehead atoms. The number of para-hydroxylation sites is 1. The van der Waals surface area contributed by atoms with Gasteiger partial charge in [0.25, 0.3) is 10.0 Å². The van der Waals surface area contributed by atoms with E-state index in [2.05, 4.69) is 0 Å². The average molecular weight is 577 g/mol. The van der Waals surface area contributed by atoms with Gasteiger partial charge in [-0.3, -0.25) is 9.10 Å². The van der Waals surface area contributed by atoms with Gasteiger partial charge in [-0.25, -0.2) is 17.2 Å². The van der Waals surface area contributed by atoms with Crippen molar-refractivity contribution in [1.29, 1.82) is 0 Å². The molecule has 3 aromatic rings. The highest BCUT2D eigenvalue weighted by Crippen LogP contribution is 2.38. The van der Waals surface area contributed by atoms with Crippen LogP contribution in [-0.4, -0.2) is 39.4 Å². The Morgan fingerprint density at radius 1 is 1.05 bits per heavy atom. The van der Waals surface area contributed by atoms with E-state index in [1.807, 2.05) is 0 Å². The number of nitrogens with zero attached hydrogens (tertiary/aromatic N) is 2. The zero-order valence-electron chi connectivity index (χ0n) is 21.8. The smallest absolute Gasteiger partial charge is 0.264 e. The van der Waals surface area contributed by atoms with Crippen molar-refractivity contribution in [1.82, 2.24) is 4.90 Å². The molecule has 0 N–H and O–H groups in total. The maximum absolute atomic E-state index is 15.0. The minimum Gasteiger partial charge on any atom is -0.491 e. The number of anilines is 1. The molecule has 0 aliphatic heterocycles. The van der Waals surface area contributed by atoms with Gasteiger partial charge in [0.1, 0.15) is 24.0 Å². The number of carbonyl (C=O) groups excluding carboxylic acids is 1. The summed E-state index contributed by atoms with van der Waals surface area (Å²) in [5.74, 6) is -1.16. The highest BCUT2D eigenvalue weighted by molar-refractivity contribution is 7.92. The van der Waals surface area contributed by atoms with Crippen molar-refractivity contribution in [2.75, 3.05) is 24.5 Å². The number of rotatable bonds is 10. The summed E-state index contributed by atoms with van der Waals surface area (Å²) in [7, 11) is -2.63. The molecule has 1 unspecified atom stereocenters. The van der Waals surface area contributed by atoms with Crippen molar-refractivity contribution >= 4 is 33.2 Å². The number of benzene rings is 3. The van der Waals surface area contributed by atoms with Crippen molar-refractivity contribution in [3.05, 3.63) is 89.0 Å². The normalized spacial score (nSPS) is 14.7. The number of amides is 1. The summed E-state index contributed by atoms with van der Waals surface area (Å²) in [5.41, 5.74) is 0.0117. The van der Waals surface area contributed by atoms with Gasteiger partial charge in [-0.1, -0.05) is 42.6 Å². The van der Waals surface area contributed by atoms with Crippen LogP contribution in [0.25, 0.3) is 0 Å². The van der Waals surface area contributed by atoms with Gasteiger partial charge < -0.3 is 9.64 Å². The Kier molecular flexibility index (Phi) is 9.12. The molecule has 1 fully saturated rings. The van der Waals surface area contributed by atoms with E-state index in [0.29, 0.717) is 22.9 Å². The number of sulfonamides is 1. The average Bonchev–Trinajstić information content (AvgIpc) is 3.46. The second-order valence-electron chi connectivity index (χ2n) is 9.65. The van der Waals surface area contributed by atoms with Crippen LogP contribution in [-0.2, 0) is 14.8 Å². The van der Waals surface area contributed by atoms with Crippen molar-refractivity contribution in [2.24, 2.45) is 5.92 Å². The van der Waals surface area contributed by atoms with Gasteiger partial charge in [0.2, 0.25) is 5.91 Å². The molecule has 10 heteroatoms. The van der Waals surface area contributed by atoms with Crippen molar-refractivity contribution < 1.29 is 26.7 Å². The lowest BCUT2D eigenvalue weighted by molar-refractivity contribution is -0.134. The number of hydrogen-bond donors (Lipinski definition) is 0. The van der Waals surface area contributed by atoms with Crippen LogP contribution < -0.4 is 9.04 Å². The third kappa shape index (κ3) is 6.53. The number of likely N-dealkylation sites (N-methyl/N-ethyl adjacent to an activating group) is 1. The molecule has 1 aliphatic rings. The fourth-order valence-corrected chi connectivity index (χ4v) is 6.65. The molecule has 0 aromatic heterocycles. The van der Waals surface area contributed by atoms with Crippen LogP contribution in [0.2, 0.25) is 5.02 Å². The van der Waals surface area contributed by atoms with E-state index >= 15 is 4.39 Å². The van der Waals surface area contributed by atoms with Gasteiger partial charge in [-0.2, -0.15) is 0 Å². The van der Waals surface area contributed by atoms with Crippen LogP contribution >= 0.6 is 11.6 Å². The third-order valence-corrected chi connectivity index (χ3v) is 9.15. The SMILES string of the molecule is CC(c1ccccc1OCCN(C)C(=O)C1CCCC1)N(c1cc(F)ccc1F)S(=O)(=O)c1ccc(Cl)cc1. The van der Waals surface area contributed by atoms with Crippen LogP contribution in [0.4, 0.5) is 14.5 Å².